The molecule has 0 fully saturated rings. The van der Waals surface area contributed by atoms with E-state index >= 15 is 0 Å². The molecule has 0 aliphatic carbocycles. The zero-order valence-electron chi connectivity index (χ0n) is 15.2. The Hall–Kier alpha value is -2.99. The van der Waals surface area contributed by atoms with Crippen molar-refractivity contribution in [3.8, 4) is 17.6 Å². The molecule has 1 amide bonds. The molecule has 0 aliphatic heterocycles. The van der Waals surface area contributed by atoms with Crippen molar-refractivity contribution in [2.75, 3.05) is 18.9 Å². The van der Waals surface area contributed by atoms with Crippen molar-refractivity contribution in [2.24, 2.45) is 0 Å². The molecule has 5 nitrogen and oxygen atoms in total. The van der Waals surface area contributed by atoms with E-state index in [0.717, 1.165) is 12.1 Å². The van der Waals surface area contributed by atoms with E-state index in [1.165, 1.54) is 24.3 Å². The van der Waals surface area contributed by atoms with Crippen LogP contribution in [-0.4, -0.2) is 33.2 Å². The average molecular weight is 425 g/mol. The third-order valence-electron chi connectivity index (χ3n) is 3.67. The smallest absolute Gasteiger partial charge is 0.416 e. The van der Waals surface area contributed by atoms with E-state index in [2.05, 4.69) is 17.2 Å². The van der Waals surface area contributed by atoms with E-state index in [9.17, 15) is 26.4 Å². The highest BCUT2D eigenvalue weighted by Gasteiger charge is 2.30. The van der Waals surface area contributed by atoms with Crippen LogP contribution in [-0.2, 0) is 20.8 Å². The quantitative estimate of drug-likeness (QED) is 0.692. The molecule has 0 unspecified atom stereocenters. The molecule has 2 rings (SSSR count). The van der Waals surface area contributed by atoms with Gasteiger partial charge in [0.25, 0.3) is 0 Å². The number of benzene rings is 2. The number of alkyl halides is 3. The Labute approximate surface area is 166 Å². The van der Waals surface area contributed by atoms with Crippen LogP contribution in [0, 0.1) is 11.8 Å². The van der Waals surface area contributed by atoms with Crippen LogP contribution >= 0.6 is 0 Å². The SMILES string of the molecule is O=C(CCS(=O)(=O)c1ccccc1)NCC#CCOc1cccc(C(F)(F)F)c1. The Morgan fingerprint density at radius 1 is 1.03 bits per heavy atom. The summed E-state index contributed by atoms with van der Waals surface area (Å²) < 4.78 is 67.1. The number of ether oxygens (including phenoxy) is 1. The normalized spacial score (nSPS) is 11.3. The van der Waals surface area contributed by atoms with Crippen LogP contribution in [0.15, 0.2) is 59.5 Å². The first-order chi connectivity index (χ1) is 13.7. The van der Waals surface area contributed by atoms with Crippen LogP contribution in [0.25, 0.3) is 0 Å². The maximum absolute atomic E-state index is 12.6. The average Bonchev–Trinajstić information content (AvgIpc) is 2.69. The van der Waals surface area contributed by atoms with Crippen LogP contribution in [0.2, 0.25) is 0 Å². The van der Waals surface area contributed by atoms with Crippen molar-refractivity contribution >= 4 is 15.7 Å². The number of rotatable bonds is 7. The Bertz CT molecular complexity index is 994. The van der Waals surface area contributed by atoms with Crippen molar-refractivity contribution in [3.63, 3.8) is 0 Å². The van der Waals surface area contributed by atoms with E-state index < -0.39 is 27.5 Å². The Morgan fingerprint density at radius 2 is 1.76 bits per heavy atom. The molecule has 0 heterocycles. The molecule has 0 atom stereocenters. The maximum atomic E-state index is 12.6. The third-order valence-corrected chi connectivity index (χ3v) is 5.40. The van der Waals surface area contributed by atoms with Gasteiger partial charge < -0.3 is 10.1 Å². The minimum absolute atomic E-state index is 0.0316. The molecule has 0 bridgehead atoms. The van der Waals surface area contributed by atoms with Crippen molar-refractivity contribution in [1.29, 1.82) is 0 Å². The number of halogens is 3. The second kappa shape index (κ2) is 9.98. The van der Waals surface area contributed by atoms with Gasteiger partial charge in [0.05, 0.1) is 22.8 Å². The molecule has 9 heteroatoms. The van der Waals surface area contributed by atoms with E-state index in [1.54, 1.807) is 18.2 Å². The van der Waals surface area contributed by atoms with Gasteiger partial charge in [-0.2, -0.15) is 13.2 Å². The summed E-state index contributed by atoms with van der Waals surface area (Å²) in [7, 11) is -3.54. The summed E-state index contributed by atoms with van der Waals surface area (Å²) in [6.45, 7) is -0.185. The molecular formula is C20H18F3NO4S. The Morgan fingerprint density at radius 3 is 2.45 bits per heavy atom. The lowest BCUT2D eigenvalue weighted by molar-refractivity contribution is -0.137. The molecule has 154 valence electrons. The standard InChI is InChI=1S/C20H18F3NO4S/c21-20(22,23)16-7-6-8-17(15-16)28-13-5-4-12-24-19(25)11-14-29(26,27)18-9-2-1-3-10-18/h1-3,6-10,15H,11-14H2,(H,24,25). The predicted octanol–water partition coefficient (Wildman–Crippen LogP) is 3.07. The summed E-state index contributed by atoms with van der Waals surface area (Å²) >= 11 is 0. The van der Waals surface area contributed by atoms with Crippen LogP contribution < -0.4 is 10.1 Å². The van der Waals surface area contributed by atoms with Crippen LogP contribution in [0.1, 0.15) is 12.0 Å². The van der Waals surface area contributed by atoms with Gasteiger partial charge in [-0.25, -0.2) is 8.42 Å². The van der Waals surface area contributed by atoms with Crippen LogP contribution in [0.3, 0.4) is 0 Å². The van der Waals surface area contributed by atoms with Crippen LogP contribution in [0.4, 0.5) is 13.2 Å². The molecular weight excluding hydrogens is 407 g/mol. The summed E-state index contributed by atoms with van der Waals surface area (Å²) in [6.07, 6.45) is -4.66. The van der Waals surface area contributed by atoms with Gasteiger partial charge in [0.1, 0.15) is 12.4 Å². The van der Waals surface area contributed by atoms with Gasteiger partial charge in [-0.05, 0) is 30.3 Å². The summed E-state index contributed by atoms with van der Waals surface area (Å²) in [4.78, 5) is 11.9. The molecule has 0 saturated carbocycles. The molecule has 0 saturated heterocycles. The van der Waals surface area contributed by atoms with Gasteiger partial charge in [-0.1, -0.05) is 36.1 Å². The number of carbonyl (C=O) groups is 1. The van der Waals surface area contributed by atoms with E-state index in [0.29, 0.717) is 0 Å². The number of nitrogens with one attached hydrogen (secondary N) is 1. The van der Waals surface area contributed by atoms with E-state index in [4.69, 9.17) is 4.74 Å². The fourth-order valence-corrected chi connectivity index (χ4v) is 3.46. The summed E-state index contributed by atoms with van der Waals surface area (Å²) in [5, 5.41) is 2.45. The largest absolute Gasteiger partial charge is 0.481 e. The van der Waals surface area contributed by atoms with Gasteiger partial charge in [-0.3, -0.25) is 4.79 Å². The van der Waals surface area contributed by atoms with Gasteiger partial charge in [0, 0.05) is 6.42 Å². The van der Waals surface area contributed by atoms with Gasteiger partial charge in [0.15, 0.2) is 9.84 Å². The lowest BCUT2D eigenvalue weighted by atomic mass is 10.2. The summed E-state index contributed by atoms with van der Waals surface area (Å²) in [5.74, 6) is 4.37. The molecule has 1 N–H and O–H groups in total. The van der Waals surface area contributed by atoms with Gasteiger partial charge in [-0.15, -0.1) is 0 Å². The fourth-order valence-electron chi connectivity index (χ4n) is 2.20. The zero-order chi connectivity index (χ0) is 21.3. The Balaban J connectivity index is 1.72. The fraction of sp³-hybridized carbons (Fsp3) is 0.250. The van der Waals surface area contributed by atoms with Crippen molar-refractivity contribution in [1.82, 2.24) is 5.32 Å². The van der Waals surface area contributed by atoms with Crippen molar-refractivity contribution < 1.29 is 31.1 Å². The van der Waals surface area contributed by atoms with Crippen LogP contribution in [0.5, 0.6) is 5.75 Å². The van der Waals surface area contributed by atoms with Gasteiger partial charge >= 0.3 is 6.18 Å². The lowest BCUT2D eigenvalue weighted by Gasteiger charge is -2.08. The number of amides is 1. The lowest BCUT2D eigenvalue weighted by Crippen LogP contribution is -2.26. The highest BCUT2D eigenvalue weighted by Crippen LogP contribution is 2.31. The zero-order valence-corrected chi connectivity index (χ0v) is 16.0. The molecule has 2 aromatic rings. The van der Waals surface area contributed by atoms with Gasteiger partial charge in [0.2, 0.25) is 5.91 Å². The van der Waals surface area contributed by atoms with Crippen molar-refractivity contribution in [2.45, 2.75) is 17.5 Å². The first-order valence-electron chi connectivity index (χ1n) is 8.49. The molecule has 29 heavy (non-hydrogen) atoms. The number of carbonyl (C=O) groups excluding carboxylic acids is 1. The summed E-state index contributed by atoms with van der Waals surface area (Å²) in [6, 6.07) is 12.2. The minimum Gasteiger partial charge on any atom is -0.481 e. The molecule has 0 radical (unpaired) electrons. The summed E-state index contributed by atoms with van der Waals surface area (Å²) in [5.41, 5.74) is -0.819. The molecule has 0 spiro atoms. The number of hydrogen-bond acceptors (Lipinski definition) is 4. The second-order valence-electron chi connectivity index (χ2n) is 5.83. The van der Waals surface area contributed by atoms with E-state index in [1.807, 2.05) is 0 Å². The highest BCUT2D eigenvalue weighted by atomic mass is 32.2. The van der Waals surface area contributed by atoms with E-state index in [-0.39, 0.29) is 36.0 Å². The monoisotopic (exact) mass is 425 g/mol. The molecule has 2 aromatic carbocycles. The second-order valence-corrected chi connectivity index (χ2v) is 7.94. The highest BCUT2D eigenvalue weighted by molar-refractivity contribution is 7.91. The first-order valence-corrected chi connectivity index (χ1v) is 10.1. The minimum atomic E-state index is -4.46. The number of hydrogen-bond donors (Lipinski definition) is 1. The third kappa shape index (κ3) is 7.50. The first kappa shape index (κ1) is 22.3. The molecule has 0 aliphatic rings. The van der Waals surface area contributed by atoms with Crippen molar-refractivity contribution in [3.05, 3.63) is 60.2 Å². The molecule has 0 aromatic heterocycles. The number of sulfone groups is 1. The topological polar surface area (TPSA) is 72.5 Å². The maximum Gasteiger partial charge on any atom is 0.416 e. The Kier molecular flexibility index (Phi) is 7.67. The predicted molar refractivity (Wildman–Crippen MR) is 101 cm³/mol.